The van der Waals surface area contributed by atoms with E-state index in [0.717, 1.165) is 31.7 Å². The molecule has 0 aliphatic rings. The molecule has 0 bridgehead atoms. The number of hydrogen-bond acceptors (Lipinski definition) is 4. The Morgan fingerprint density at radius 1 is 0.541 bits per heavy atom. The quantitative estimate of drug-likeness (QED) is 0.168. The number of ketones is 3. The van der Waals surface area contributed by atoms with E-state index in [2.05, 4.69) is 0 Å². The van der Waals surface area contributed by atoms with Crippen molar-refractivity contribution in [1.82, 2.24) is 0 Å². The molecule has 3 nitrogen and oxygen atoms in total. The van der Waals surface area contributed by atoms with Crippen molar-refractivity contribution in [3.8, 4) is 0 Å². The Morgan fingerprint density at radius 3 is 1.81 bits per heavy atom. The molecule has 0 aliphatic carbocycles. The average Bonchev–Trinajstić information content (AvgIpc) is 2.93. The first-order chi connectivity index (χ1) is 17.9. The Labute approximate surface area is 220 Å². The maximum Gasteiger partial charge on any atom is 0.233 e. The molecule has 0 aromatic heterocycles. The summed E-state index contributed by atoms with van der Waals surface area (Å²) in [7, 11) is 0. The van der Waals surface area contributed by atoms with Gasteiger partial charge >= 0.3 is 0 Å². The van der Waals surface area contributed by atoms with Crippen LogP contribution < -0.4 is 0 Å². The summed E-state index contributed by atoms with van der Waals surface area (Å²) in [6.45, 7) is 3.74. The van der Waals surface area contributed by atoms with E-state index in [1.54, 1.807) is 18.2 Å². The minimum Gasteiger partial charge on any atom is -0.289 e. The molecule has 37 heavy (non-hydrogen) atoms. The first-order valence-electron chi connectivity index (χ1n) is 12.0. The molecular weight excluding hydrogens is 476 g/mol. The second kappa shape index (κ2) is 10.4. The van der Waals surface area contributed by atoms with E-state index < -0.39 is 11.6 Å². The molecule has 5 rings (SSSR count). The molecule has 0 amide bonds. The molecule has 180 valence electrons. The van der Waals surface area contributed by atoms with Gasteiger partial charge in [-0.25, -0.2) is 0 Å². The van der Waals surface area contributed by atoms with Gasteiger partial charge in [0.25, 0.3) is 0 Å². The molecule has 4 heteroatoms. The van der Waals surface area contributed by atoms with Crippen molar-refractivity contribution in [1.29, 1.82) is 0 Å². The second-order valence-electron chi connectivity index (χ2n) is 9.02. The van der Waals surface area contributed by atoms with Gasteiger partial charge in [-0.2, -0.15) is 0 Å². The van der Waals surface area contributed by atoms with E-state index in [-0.39, 0.29) is 5.78 Å². The van der Waals surface area contributed by atoms with Gasteiger partial charge in [-0.3, -0.25) is 14.4 Å². The highest BCUT2D eigenvalue weighted by atomic mass is 32.2. The van der Waals surface area contributed by atoms with E-state index in [1.165, 1.54) is 11.8 Å². The third-order valence-electron chi connectivity index (χ3n) is 6.32. The van der Waals surface area contributed by atoms with E-state index in [4.69, 9.17) is 0 Å². The summed E-state index contributed by atoms with van der Waals surface area (Å²) in [5, 5.41) is 2.14. The maximum atomic E-state index is 13.0. The van der Waals surface area contributed by atoms with Crippen molar-refractivity contribution in [3.63, 3.8) is 0 Å². The zero-order valence-electron chi connectivity index (χ0n) is 20.5. The highest BCUT2D eigenvalue weighted by Gasteiger charge is 2.20. The Hall–Kier alpha value is -4.28. The van der Waals surface area contributed by atoms with Gasteiger partial charge in [0.05, 0.1) is 0 Å². The number of fused-ring (bicyclic) bond motifs is 1. The van der Waals surface area contributed by atoms with E-state index in [1.807, 2.05) is 105 Å². The Kier molecular flexibility index (Phi) is 6.85. The van der Waals surface area contributed by atoms with Crippen LogP contribution in [0.15, 0.2) is 119 Å². The maximum absolute atomic E-state index is 13.0. The zero-order valence-corrected chi connectivity index (χ0v) is 21.3. The number of carbonyl (C=O) groups is 3. The van der Waals surface area contributed by atoms with Crippen LogP contribution in [-0.4, -0.2) is 17.3 Å². The van der Waals surface area contributed by atoms with Gasteiger partial charge in [-0.05, 0) is 90.8 Å². The SMILES string of the molecule is Cc1ccc(C)c(C(=O)C(=O)c2ccc(Sc3ccc(C(=O)c4ccc5ccccc5c4)cc3)cc2)c1. The Balaban J connectivity index is 1.27. The van der Waals surface area contributed by atoms with Gasteiger partial charge in [0, 0.05) is 32.0 Å². The average molecular weight is 501 g/mol. The topological polar surface area (TPSA) is 51.2 Å². The van der Waals surface area contributed by atoms with Crippen LogP contribution in [0, 0.1) is 13.8 Å². The monoisotopic (exact) mass is 500 g/mol. The minimum atomic E-state index is -0.512. The smallest absolute Gasteiger partial charge is 0.233 e. The van der Waals surface area contributed by atoms with Crippen molar-refractivity contribution in [2.45, 2.75) is 23.6 Å². The van der Waals surface area contributed by atoms with Gasteiger partial charge in [-0.1, -0.05) is 65.9 Å². The van der Waals surface area contributed by atoms with E-state index in [0.29, 0.717) is 22.3 Å². The van der Waals surface area contributed by atoms with E-state index in [9.17, 15) is 14.4 Å². The van der Waals surface area contributed by atoms with Gasteiger partial charge in [0.1, 0.15) is 0 Å². The normalized spacial score (nSPS) is 10.9. The predicted molar refractivity (Wildman–Crippen MR) is 149 cm³/mol. The zero-order chi connectivity index (χ0) is 25.9. The van der Waals surface area contributed by atoms with Crippen molar-refractivity contribution < 1.29 is 14.4 Å². The van der Waals surface area contributed by atoms with Crippen LogP contribution in [0.4, 0.5) is 0 Å². The summed E-state index contributed by atoms with van der Waals surface area (Å²) in [6.07, 6.45) is 0. The molecule has 0 N–H and O–H groups in total. The summed E-state index contributed by atoms with van der Waals surface area (Å²) in [5.41, 5.74) is 3.84. The summed E-state index contributed by atoms with van der Waals surface area (Å²) in [5.74, 6) is -1.02. The van der Waals surface area contributed by atoms with Gasteiger partial charge in [0.15, 0.2) is 5.78 Å². The lowest BCUT2D eigenvalue weighted by atomic mass is 9.96. The highest BCUT2D eigenvalue weighted by molar-refractivity contribution is 7.99. The van der Waals surface area contributed by atoms with Gasteiger partial charge < -0.3 is 0 Å². The third-order valence-corrected chi connectivity index (χ3v) is 7.34. The number of benzene rings is 5. The lowest BCUT2D eigenvalue weighted by molar-refractivity contribution is 0.0816. The molecule has 5 aromatic carbocycles. The third kappa shape index (κ3) is 5.30. The number of carbonyl (C=O) groups excluding carboxylic acids is 3. The van der Waals surface area contributed by atoms with Crippen LogP contribution in [-0.2, 0) is 0 Å². The van der Waals surface area contributed by atoms with Crippen molar-refractivity contribution >= 4 is 39.9 Å². The van der Waals surface area contributed by atoms with Crippen molar-refractivity contribution in [2.24, 2.45) is 0 Å². The van der Waals surface area contributed by atoms with Crippen LogP contribution >= 0.6 is 11.8 Å². The fourth-order valence-corrected chi connectivity index (χ4v) is 5.03. The molecular formula is C33H24O3S. The van der Waals surface area contributed by atoms with Gasteiger partial charge in [0.2, 0.25) is 11.6 Å². The second-order valence-corrected chi connectivity index (χ2v) is 10.2. The number of hydrogen-bond donors (Lipinski definition) is 0. The fraction of sp³-hybridized carbons (Fsp3) is 0.0606. The van der Waals surface area contributed by atoms with Gasteiger partial charge in [-0.15, -0.1) is 0 Å². The summed E-state index contributed by atoms with van der Waals surface area (Å²) >= 11 is 1.53. The number of Topliss-reactive ketones (excluding diaryl/α,β-unsaturated/α-hetero) is 2. The van der Waals surface area contributed by atoms with Crippen LogP contribution in [0.5, 0.6) is 0 Å². The molecule has 0 saturated carbocycles. The fourth-order valence-electron chi connectivity index (χ4n) is 4.22. The number of rotatable bonds is 7. The highest BCUT2D eigenvalue weighted by Crippen LogP contribution is 2.29. The molecule has 0 fully saturated rings. The minimum absolute atomic E-state index is 0.0151. The van der Waals surface area contributed by atoms with Crippen LogP contribution in [0.2, 0.25) is 0 Å². The lowest BCUT2D eigenvalue weighted by Crippen LogP contribution is -2.15. The molecule has 0 unspecified atom stereocenters. The Morgan fingerprint density at radius 2 is 1.14 bits per heavy atom. The predicted octanol–water partition coefficient (Wildman–Crippen LogP) is 7.90. The standard InChI is InChI=1S/C33H24O3S/c1-21-7-8-22(2)30(19-21)33(36)32(35)25-13-17-29(18-14-25)37-28-15-11-24(12-16-28)31(34)27-10-9-23-5-3-4-6-26(23)20-27/h3-20H,1-2H3. The molecule has 0 spiro atoms. The molecule has 0 radical (unpaired) electrons. The molecule has 0 saturated heterocycles. The Bertz CT molecular complexity index is 1650. The summed E-state index contributed by atoms with van der Waals surface area (Å²) < 4.78 is 0. The molecule has 0 heterocycles. The van der Waals surface area contributed by atoms with Crippen molar-refractivity contribution in [2.75, 3.05) is 0 Å². The first kappa shape index (κ1) is 24.4. The largest absolute Gasteiger partial charge is 0.289 e. The number of aryl methyl sites for hydroxylation is 2. The molecule has 0 aliphatic heterocycles. The molecule has 0 atom stereocenters. The van der Waals surface area contributed by atoms with Crippen molar-refractivity contribution in [3.05, 3.63) is 143 Å². The van der Waals surface area contributed by atoms with Crippen LogP contribution in [0.1, 0.15) is 47.8 Å². The summed E-state index contributed by atoms with van der Waals surface area (Å²) in [6, 6.07) is 33.8. The van der Waals surface area contributed by atoms with Crippen LogP contribution in [0.3, 0.4) is 0 Å². The molecule has 5 aromatic rings. The van der Waals surface area contributed by atoms with Crippen LogP contribution in [0.25, 0.3) is 10.8 Å². The first-order valence-corrected chi connectivity index (χ1v) is 12.8. The lowest BCUT2D eigenvalue weighted by Gasteiger charge is -2.07. The summed E-state index contributed by atoms with van der Waals surface area (Å²) in [4.78, 5) is 40.4. The van der Waals surface area contributed by atoms with E-state index >= 15 is 0 Å².